The highest BCUT2D eigenvalue weighted by Crippen LogP contribution is 2.37. The molecule has 0 saturated carbocycles. The van der Waals surface area contributed by atoms with Crippen LogP contribution in [0.2, 0.25) is 0 Å². The Morgan fingerprint density at radius 3 is 2.07 bits per heavy atom. The van der Waals surface area contributed by atoms with Crippen LogP contribution in [-0.2, 0) is 0 Å². The van der Waals surface area contributed by atoms with Crippen molar-refractivity contribution in [3.63, 3.8) is 0 Å². The maximum absolute atomic E-state index is 5.83. The number of alkyl halides is 3. The fourth-order valence-electron chi connectivity index (χ4n) is 1.49. The second-order valence-corrected chi connectivity index (χ2v) is 6.23. The van der Waals surface area contributed by atoms with E-state index in [-0.39, 0.29) is 6.04 Å². The highest BCUT2D eigenvalue weighted by molar-refractivity contribution is 6.67. The summed E-state index contributed by atoms with van der Waals surface area (Å²) in [7, 11) is 3.96. The summed E-state index contributed by atoms with van der Waals surface area (Å²) >= 11 is 17.5. The van der Waals surface area contributed by atoms with Gasteiger partial charge in [-0.3, -0.25) is 0 Å². The van der Waals surface area contributed by atoms with Crippen molar-refractivity contribution in [2.45, 2.75) is 16.3 Å². The van der Waals surface area contributed by atoms with Gasteiger partial charge in [-0.05, 0) is 19.7 Å². The van der Waals surface area contributed by atoms with Crippen molar-refractivity contribution in [3.8, 4) is 0 Å². The number of hydrogen-bond donors (Lipinski definition) is 0. The topological polar surface area (TPSA) is 3.24 Å². The van der Waals surface area contributed by atoms with Crippen LogP contribution in [0.5, 0.6) is 0 Å². The molecule has 0 bridgehead atoms. The average molecular weight is 267 g/mol. The Morgan fingerprint density at radius 2 is 1.67 bits per heavy atom. The summed E-state index contributed by atoms with van der Waals surface area (Å²) in [5, 5.41) is 0. The molecule has 1 nitrogen and oxygen atoms in total. The maximum Gasteiger partial charge on any atom is 0.192 e. The van der Waals surface area contributed by atoms with E-state index in [4.69, 9.17) is 34.8 Å². The van der Waals surface area contributed by atoms with E-state index in [0.29, 0.717) is 6.42 Å². The monoisotopic (exact) mass is 265 g/mol. The van der Waals surface area contributed by atoms with Crippen molar-refractivity contribution in [3.05, 3.63) is 35.9 Å². The van der Waals surface area contributed by atoms with E-state index in [2.05, 4.69) is 4.90 Å². The number of rotatable bonds is 3. The Balaban J connectivity index is 2.85. The lowest BCUT2D eigenvalue weighted by molar-refractivity contribution is 0.286. The van der Waals surface area contributed by atoms with E-state index in [1.54, 1.807) is 0 Å². The summed E-state index contributed by atoms with van der Waals surface area (Å²) in [6.07, 6.45) is 0.481. The van der Waals surface area contributed by atoms with Gasteiger partial charge in [-0.15, -0.1) is 0 Å². The standard InChI is InChI=1S/C11H14Cl3N/c1-15(2)10(8-11(12,13)14)9-6-4-3-5-7-9/h3-7,10H,8H2,1-2H3. The second-order valence-electron chi connectivity index (χ2n) is 3.71. The van der Waals surface area contributed by atoms with Gasteiger partial charge in [0.25, 0.3) is 0 Å². The van der Waals surface area contributed by atoms with Crippen molar-refractivity contribution in [2.75, 3.05) is 14.1 Å². The van der Waals surface area contributed by atoms with Crippen LogP contribution >= 0.6 is 34.8 Å². The van der Waals surface area contributed by atoms with Crippen LogP contribution in [0, 0.1) is 0 Å². The van der Waals surface area contributed by atoms with E-state index in [1.807, 2.05) is 44.4 Å². The molecular formula is C11H14Cl3N. The molecule has 0 fully saturated rings. The smallest absolute Gasteiger partial charge is 0.192 e. The van der Waals surface area contributed by atoms with Gasteiger partial charge in [-0.25, -0.2) is 0 Å². The van der Waals surface area contributed by atoms with E-state index >= 15 is 0 Å². The molecule has 0 spiro atoms. The van der Waals surface area contributed by atoms with Crippen molar-refractivity contribution >= 4 is 34.8 Å². The highest BCUT2D eigenvalue weighted by Gasteiger charge is 2.27. The minimum absolute atomic E-state index is 0.124. The molecule has 1 rings (SSSR count). The Hall–Kier alpha value is 0.0500. The molecule has 0 heterocycles. The predicted octanol–water partition coefficient (Wildman–Crippen LogP) is 4.05. The molecular weight excluding hydrogens is 252 g/mol. The number of hydrogen-bond acceptors (Lipinski definition) is 1. The lowest BCUT2D eigenvalue weighted by Crippen LogP contribution is -2.24. The zero-order chi connectivity index (χ0) is 11.5. The SMILES string of the molecule is CN(C)C(CC(Cl)(Cl)Cl)c1ccccc1. The fourth-order valence-corrected chi connectivity index (χ4v) is 1.93. The van der Waals surface area contributed by atoms with Crippen molar-refractivity contribution < 1.29 is 0 Å². The lowest BCUT2D eigenvalue weighted by atomic mass is 10.0. The molecule has 0 aliphatic heterocycles. The number of nitrogens with zero attached hydrogens (tertiary/aromatic N) is 1. The van der Waals surface area contributed by atoms with Crippen LogP contribution in [0.4, 0.5) is 0 Å². The molecule has 84 valence electrons. The van der Waals surface area contributed by atoms with Crippen molar-refractivity contribution in [1.82, 2.24) is 4.90 Å². The molecule has 0 aromatic heterocycles. The molecule has 0 saturated heterocycles. The normalized spacial score (nSPS) is 14.3. The second kappa shape index (κ2) is 5.40. The van der Waals surface area contributed by atoms with Crippen LogP contribution in [0.15, 0.2) is 30.3 Å². The number of benzene rings is 1. The van der Waals surface area contributed by atoms with Crippen LogP contribution < -0.4 is 0 Å². The maximum atomic E-state index is 5.83. The van der Waals surface area contributed by atoms with Crippen LogP contribution in [-0.4, -0.2) is 22.8 Å². The summed E-state index contributed by atoms with van der Waals surface area (Å²) < 4.78 is -1.22. The minimum atomic E-state index is -1.22. The van der Waals surface area contributed by atoms with Gasteiger partial charge in [0, 0.05) is 12.5 Å². The van der Waals surface area contributed by atoms with Crippen LogP contribution in [0.3, 0.4) is 0 Å². The van der Waals surface area contributed by atoms with Gasteiger partial charge in [0.1, 0.15) is 0 Å². The summed E-state index contributed by atoms with van der Waals surface area (Å²) in [5.41, 5.74) is 1.16. The van der Waals surface area contributed by atoms with E-state index < -0.39 is 3.79 Å². The van der Waals surface area contributed by atoms with Crippen LogP contribution in [0.1, 0.15) is 18.0 Å². The van der Waals surface area contributed by atoms with Gasteiger partial charge in [0.2, 0.25) is 0 Å². The highest BCUT2D eigenvalue weighted by atomic mass is 35.6. The van der Waals surface area contributed by atoms with Gasteiger partial charge in [0.15, 0.2) is 3.79 Å². The Kier molecular flexibility index (Phi) is 4.72. The molecule has 1 aromatic carbocycles. The predicted molar refractivity (Wildman–Crippen MR) is 67.8 cm³/mol. The molecule has 4 heteroatoms. The molecule has 15 heavy (non-hydrogen) atoms. The average Bonchev–Trinajstić information content (AvgIpc) is 2.14. The Labute approximate surface area is 106 Å². The summed E-state index contributed by atoms with van der Waals surface area (Å²) in [5.74, 6) is 0. The molecule has 0 N–H and O–H groups in total. The summed E-state index contributed by atoms with van der Waals surface area (Å²) in [4.78, 5) is 2.05. The first-order valence-electron chi connectivity index (χ1n) is 4.68. The molecule has 0 aliphatic rings. The molecule has 0 aliphatic carbocycles. The Morgan fingerprint density at radius 1 is 1.13 bits per heavy atom. The first kappa shape index (κ1) is 13.1. The van der Waals surface area contributed by atoms with Gasteiger partial charge in [0.05, 0.1) is 0 Å². The zero-order valence-corrected chi connectivity index (χ0v) is 11.0. The fraction of sp³-hybridized carbons (Fsp3) is 0.455. The summed E-state index contributed by atoms with van der Waals surface area (Å²) in [6, 6.07) is 10.2. The first-order valence-corrected chi connectivity index (χ1v) is 5.81. The van der Waals surface area contributed by atoms with E-state index in [9.17, 15) is 0 Å². The minimum Gasteiger partial charge on any atom is -0.302 e. The van der Waals surface area contributed by atoms with E-state index in [1.165, 1.54) is 0 Å². The molecule has 0 radical (unpaired) electrons. The van der Waals surface area contributed by atoms with Crippen molar-refractivity contribution in [1.29, 1.82) is 0 Å². The molecule has 1 unspecified atom stereocenters. The third-order valence-electron chi connectivity index (χ3n) is 2.23. The van der Waals surface area contributed by atoms with Gasteiger partial charge >= 0.3 is 0 Å². The number of halogens is 3. The molecule has 0 amide bonds. The molecule has 1 aromatic rings. The van der Waals surface area contributed by atoms with Gasteiger partial charge < -0.3 is 4.90 Å². The van der Waals surface area contributed by atoms with Crippen molar-refractivity contribution in [2.24, 2.45) is 0 Å². The summed E-state index contributed by atoms with van der Waals surface area (Å²) in [6.45, 7) is 0. The third-order valence-corrected chi connectivity index (χ3v) is 2.70. The largest absolute Gasteiger partial charge is 0.302 e. The quantitative estimate of drug-likeness (QED) is 0.746. The third kappa shape index (κ3) is 4.60. The molecule has 1 atom stereocenters. The first-order chi connectivity index (χ1) is 6.90. The lowest BCUT2D eigenvalue weighted by Gasteiger charge is -2.27. The zero-order valence-electron chi connectivity index (χ0n) is 8.75. The van der Waals surface area contributed by atoms with E-state index in [0.717, 1.165) is 5.56 Å². The van der Waals surface area contributed by atoms with Gasteiger partial charge in [-0.1, -0.05) is 65.1 Å². The van der Waals surface area contributed by atoms with Gasteiger partial charge in [-0.2, -0.15) is 0 Å². The Bertz CT molecular complexity index is 292. The van der Waals surface area contributed by atoms with Crippen LogP contribution in [0.25, 0.3) is 0 Å².